The molecule has 0 unspecified atom stereocenters. The van der Waals surface area contributed by atoms with Crippen molar-refractivity contribution in [2.24, 2.45) is 17.8 Å². The normalized spacial score (nSPS) is 33.5. The van der Waals surface area contributed by atoms with Crippen LogP contribution in [0.4, 0.5) is 4.39 Å². The lowest BCUT2D eigenvalue weighted by atomic mass is 9.77. The van der Waals surface area contributed by atoms with Gasteiger partial charge in [-0.3, -0.25) is 0 Å². The van der Waals surface area contributed by atoms with Crippen molar-refractivity contribution in [1.29, 1.82) is 0 Å². The average molecular weight is 289 g/mol. The van der Waals surface area contributed by atoms with Gasteiger partial charge in [-0.15, -0.1) is 0 Å². The summed E-state index contributed by atoms with van der Waals surface area (Å²) in [6, 6.07) is 7.10. The van der Waals surface area contributed by atoms with Gasteiger partial charge in [0.05, 0.1) is 11.6 Å². The Hall–Kier alpha value is -1.35. The van der Waals surface area contributed by atoms with Crippen LogP contribution in [0, 0.1) is 23.6 Å². The molecule has 0 radical (unpaired) electrons. The van der Waals surface area contributed by atoms with E-state index in [0.717, 1.165) is 11.9 Å². The summed E-state index contributed by atoms with van der Waals surface area (Å²) in [7, 11) is 0. The van der Waals surface area contributed by atoms with Crippen molar-refractivity contribution in [3.8, 4) is 0 Å². The lowest BCUT2D eigenvalue weighted by molar-refractivity contribution is -0.166. The van der Waals surface area contributed by atoms with Crippen molar-refractivity contribution in [2.75, 3.05) is 0 Å². The van der Waals surface area contributed by atoms with Crippen LogP contribution in [-0.4, -0.2) is 10.7 Å². The number of halogens is 1. The van der Waals surface area contributed by atoms with Crippen LogP contribution in [-0.2, 0) is 4.74 Å². The molecule has 0 aliphatic carbocycles. The van der Waals surface area contributed by atoms with Crippen LogP contribution in [0.15, 0.2) is 30.5 Å². The maximum Gasteiger partial charge on any atom is 0.137 e. The molecule has 1 aromatic carbocycles. The van der Waals surface area contributed by atoms with Crippen LogP contribution in [0.2, 0.25) is 0 Å². The SMILES string of the molecule is CC[C@H]1O[C@@H](n2ccc3c(F)cccc32)[C@H](C)[C@@H](C)[C@@H]1C. The quantitative estimate of drug-likeness (QED) is 0.759. The summed E-state index contributed by atoms with van der Waals surface area (Å²) in [6.07, 6.45) is 3.24. The third-order valence-electron chi connectivity index (χ3n) is 5.40. The number of nitrogens with zero attached hydrogens (tertiary/aromatic N) is 1. The van der Waals surface area contributed by atoms with Crippen LogP contribution in [0.1, 0.15) is 40.3 Å². The predicted octanol–water partition coefficient (Wildman–Crippen LogP) is 5.00. The topological polar surface area (TPSA) is 14.2 Å². The van der Waals surface area contributed by atoms with Crippen LogP contribution in [0.3, 0.4) is 0 Å². The molecule has 0 amide bonds. The van der Waals surface area contributed by atoms with Crippen molar-refractivity contribution in [2.45, 2.75) is 46.4 Å². The van der Waals surface area contributed by atoms with Gasteiger partial charge < -0.3 is 9.30 Å². The molecule has 114 valence electrons. The highest BCUT2D eigenvalue weighted by atomic mass is 19.1. The number of hydrogen-bond acceptors (Lipinski definition) is 1. The molecule has 3 heteroatoms. The van der Waals surface area contributed by atoms with E-state index in [4.69, 9.17) is 4.74 Å². The van der Waals surface area contributed by atoms with Crippen LogP contribution >= 0.6 is 0 Å². The van der Waals surface area contributed by atoms with Crippen LogP contribution < -0.4 is 0 Å². The zero-order chi connectivity index (χ0) is 15.1. The first-order valence-electron chi connectivity index (χ1n) is 7.95. The monoisotopic (exact) mass is 289 g/mol. The minimum absolute atomic E-state index is 0.0135. The first-order valence-corrected chi connectivity index (χ1v) is 7.95. The first kappa shape index (κ1) is 14.6. The maximum absolute atomic E-state index is 13.9. The van der Waals surface area contributed by atoms with Gasteiger partial charge in [-0.05, 0) is 36.5 Å². The Kier molecular flexibility index (Phi) is 3.78. The second-order valence-corrected chi connectivity index (χ2v) is 6.45. The van der Waals surface area contributed by atoms with E-state index >= 15 is 0 Å². The largest absolute Gasteiger partial charge is 0.354 e. The number of fused-ring (bicyclic) bond motifs is 1. The molecule has 1 aliphatic rings. The van der Waals surface area contributed by atoms with Crippen molar-refractivity contribution < 1.29 is 9.13 Å². The van der Waals surface area contributed by atoms with Gasteiger partial charge in [-0.2, -0.15) is 0 Å². The van der Waals surface area contributed by atoms with Gasteiger partial charge in [-0.1, -0.05) is 33.8 Å². The summed E-state index contributed by atoms with van der Waals surface area (Å²) in [6.45, 7) is 9.00. The van der Waals surface area contributed by atoms with Crippen molar-refractivity contribution in [3.63, 3.8) is 0 Å². The molecule has 2 nitrogen and oxygen atoms in total. The summed E-state index contributed by atoms with van der Waals surface area (Å²) < 4.78 is 22.4. The fourth-order valence-electron chi connectivity index (χ4n) is 3.66. The van der Waals surface area contributed by atoms with Gasteiger partial charge in [0.1, 0.15) is 12.0 Å². The Morgan fingerprint density at radius 1 is 1.10 bits per heavy atom. The van der Waals surface area contributed by atoms with Crippen molar-refractivity contribution in [1.82, 2.24) is 4.57 Å². The lowest BCUT2D eigenvalue weighted by Gasteiger charge is -2.44. The van der Waals surface area contributed by atoms with E-state index in [0.29, 0.717) is 23.1 Å². The van der Waals surface area contributed by atoms with E-state index in [9.17, 15) is 4.39 Å². The highest BCUT2D eigenvalue weighted by molar-refractivity contribution is 5.80. The number of ether oxygens (including phenoxy) is 1. The fourth-order valence-corrected chi connectivity index (χ4v) is 3.66. The number of rotatable bonds is 2. The Morgan fingerprint density at radius 3 is 2.57 bits per heavy atom. The Morgan fingerprint density at radius 2 is 1.86 bits per heavy atom. The van der Waals surface area contributed by atoms with Gasteiger partial charge in [-0.25, -0.2) is 4.39 Å². The lowest BCUT2D eigenvalue weighted by Crippen LogP contribution is -2.42. The zero-order valence-electron chi connectivity index (χ0n) is 13.2. The molecule has 21 heavy (non-hydrogen) atoms. The van der Waals surface area contributed by atoms with Crippen LogP contribution in [0.25, 0.3) is 10.9 Å². The highest BCUT2D eigenvalue weighted by Crippen LogP contribution is 2.42. The van der Waals surface area contributed by atoms with E-state index in [-0.39, 0.29) is 18.1 Å². The molecule has 1 saturated heterocycles. The van der Waals surface area contributed by atoms with E-state index in [1.165, 1.54) is 6.07 Å². The third kappa shape index (κ3) is 2.28. The molecule has 1 fully saturated rings. The molecule has 0 N–H and O–H groups in total. The molecule has 0 saturated carbocycles. The smallest absolute Gasteiger partial charge is 0.137 e. The molecule has 1 aromatic heterocycles. The molecule has 3 rings (SSSR count). The molecule has 0 bridgehead atoms. The second-order valence-electron chi connectivity index (χ2n) is 6.45. The number of benzene rings is 1. The van der Waals surface area contributed by atoms with Gasteiger partial charge in [0.25, 0.3) is 0 Å². The highest BCUT2D eigenvalue weighted by Gasteiger charge is 2.39. The number of aromatic nitrogens is 1. The average Bonchev–Trinajstić information content (AvgIpc) is 2.91. The fraction of sp³-hybridized carbons (Fsp3) is 0.556. The standard InChI is InChI=1S/C18H24FNO/c1-5-17-12(3)11(2)13(4)18(21-17)20-10-9-14-15(19)7-6-8-16(14)20/h6-13,17-18H,5H2,1-4H3/t11-,12-,13+,17+,18+/m0/s1. The summed E-state index contributed by atoms with van der Waals surface area (Å²) >= 11 is 0. The third-order valence-corrected chi connectivity index (χ3v) is 5.40. The van der Waals surface area contributed by atoms with Gasteiger partial charge in [0.15, 0.2) is 0 Å². The van der Waals surface area contributed by atoms with E-state index in [1.54, 1.807) is 6.07 Å². The Labute approximate surface area is 125 Å². The van der Waals surface area contributed by atoms with Gasteiger partial charge in [0.2, 0.25) is 0 Å². The first-order chi connectivity index (χ1) is 10.0. The molecule has 2 heterocycles. The molecule has 2 aromatic rings. The van der Waals surface area contributed by atoms with Crippen molar-refractivity contribution in [3.05, 3.63) is 36.3 Å². The van der Waals surface area contributed by atoms with Crippen LogP contribution in [0.5, 0.6) is 0 Å². The Bertz CT molecular complexity index is 633. The predicted molar refractivity (Wildman–Crippen MR) is 83.6 cm³/mol. The Balaban J connectivity index is 2.03. The summed E-state index contributed by atoms with van der Waals surface area (Å²) in [4.78, 5) is 0. The molecule has 1 aliphatic heterocycles. The minimum Gasteiger partial charge on any atom is -0.354 e. The molecule has 0 spiro atoms. The maximum atomic E-state index is 13.9. The van der Waals surface area contributed by atoms with E-state index in [2.05, 4.69) is 32.3 Å². The van der Waals surface area contributed by atoms with E-state index < -0.39 is 0 Å². The molecule has 5 atom stereocenters. The molecular weight excluding hydrogens is 265 g/mol. The van der Waals surface area contributed by atoms with Gasteiger partial charge >= 0.3 is 0 Å². The second kappa shape index (κ2) is 5.45. The van der Waals surface area contributed by atoms with E-state index in [1.807, 2.05) is 18.3 Å². The summed E-state index contributed by atoms with van der Waals surface area (Å²) in [5, 5.41) is 0.674. The van der Waals surface area contributed by atoms with Gasteiger partial charge in [0, 0.05) is 17.5 Å². The minimum atomic E-state index is -0.164. The van der Waals surface area contributed by atoms with Crippen molar-refractivity contribution >= 4 is 10.9 Å². The zero-order valence-corrected chi connectivity index (χ0v) is 13.2. The summed E-state index contributed by atoms with van der Waals surface area (Å²) in [5.41, 5.74) is 0.920. The number of hydrogen-bond donors (Lipinski definition) is 0. The molecular formula is C18H24FNO. The summed E-state index contributed by atoms with van der Waals surface area (Å²) in [5.74, 6) is 1.38.